The summed E-state index contributed by atoms with van der Waals surface area (Å²) >= 11 is 0. The Hall–Kier alpha value is -1.01. The van der Waals surface area contributed by atoms with E-state index >= 15 is 0 Å². The van der Waals surface area contributed by atoms with E-state index in [4.69, 9.17) is 0 Å². The Balaban J connectivity index is 3.28. The van der Waals surface area contributed by atoms with Gasteiger partial charge in [-0.1, -0.05) is 6.07 Å². The molecule has 0 amide bonds. The number of likely N-dealkylation sites (N-methyl/N-ethyl adjacent to an activating group) is 1. The second-order valence-electron chi connectivity index (χ2n) is 3.48. The van der Waals surface area contributed by atoms with Gasteiger partial charge in [-0.2, -0.15) is 0 Å². The Morgan fingerprint density at radius 3 is 2.44 bits per heavy atom. The number of nitrogens with one attached hydrogen (secondary N) is 1. The van der Waals surface area contributed by atoms with Gasteiger partial charge < -0.3 is 5.32 Å². The number of sulfone groups is 1. The average Bonchev–Trinajstić information content (AvgIpc) is 2.14. The van der Waals surface area contributed by atoms with Gasteiger partial charge in [-0.05, 0) is 31.6 Å². The summed E-state index contributed by atoms with van der Waals surface area (Å²) in [6.45, 7) is 0.492. The molecule has 0 bridgehead atoms. The highest BCUT2D eigenvalue weighted by Crippen LogP contribution is 2.21. The number of hydrogen-bond donors (Lipinski definition) is 1. The van der Waals surface area contributed by atoms with Crippen LogP contribution in [0.25, 0.3) is 0 Å². The first kappa shape index (κ1) is 13.1. The predicted molar refractivity (Wildman–Crippen MR) is 57.1 cm³/mol. The van der Waals surface area contributed by atoms with Gasteiger partial charge in [-0.3, -0.25) is 0 Å². The van der Waals surface area contributed by atoms with Gasteiger partial charge in [0.1, 0.15) is 16.5 Å². The molecule has 1 aromatic rings. The van der Waals surface area contributed by atoms with Crippen LogP contribution < -0.4 is 5.32 Å². The molecule has 1 rings (SSSR count). The zero-order chi connectivity index (χ0) is 12.3. The highest BCUT2D eigenvalue weighted by atomic mass is 32.2. The monoisotopic (exact) mass is 249 g/mol. The first-order chi connectivity index (χ1) is 7.38. The van der Waals surface area contributed by atoms with Crippen LogP contribution in [0.2, 0.25) is 0 Å². The first-order valence-corrected chi connectivity index (χ1v) is 6.58. The molecule has 0 atom stereocenters. The third-order valence-corrected chi connectivity index (χ3v) is 3.26. The Labute approximate surface area is 93.4 Å². The summed E-state index contributed by atoms with van der Waals surface area (Å²) in [7, 11) is -2.19. The van der Waals surface area contributed by atoms with E-state index in [2.05, 4.69) is 5.32 Å². The van der Waals surface area contributed by atoms with Gasteiger partial charge in [-0.15, -0.1) is 0 Å². The highest BCUT2D eigenvalue weighted by molar-refractivity contribution is 7.90. The van der Waals surface area contributed by atoms with Gasteiger partial charge in [0.05, 0.1) is 0 Å². The molecule has 0 radical (unpaired) electrons. The van der Waals surface area contributed by atoms with Gasteiger partial charge >= 0.3 is 0 Å². The Kier molecular flexibility index (Phi) is 3.98. The number of halogens is 2. The summed E-state index contributed by atoms with van der Waals surface area (Å²) in [5.74, 6) is -2.04. The second kappa shape index (κ2) is 4.88. The molecule has 0 aromatic heterocycles. The van der Waals surface area contributed by atoms with Crippen molar-refractivity contribution in [1.29, 1.82) is 0 Å². The summed E-state index contributed by atoms with van der Waals surface area (Å²) in [5.41, 5.74) is 0.191. The van der Waals surface area contributed by atoms with Crippen molar-refractivity contribution >= 4 is 9.84 Å². The van der Waals surface area contributed by atoms with E-state index in [1.807, 2.05) is 0 Å². The Morgan fingerprint density at radius 1 is 1.31 bits per heavy atom. The van der Waals surface area contributed by atoms with Crippen molar-refractivity contribution in [2.75, 3.05) is 19.8 Å². The highest BCUT2D eigenvalue weighted by Gasteiger charge is 2.21. The molecule has 0 fully saturated rings. The molecule has 0 unspecified atom stereocenters. The number of benzene rings is 1. The maximum absolute atomic E-state index is 13.7. The lowest BCUT2D eigenvalue weighted by atomic mass is 10.1. The second-order valence-corrected chi connectivity index (χ2v) is 5.43. The molecule has 90 valence electrons. The van der Waals surface area contributed by atoms with Crippen LogP contribution in [0.3, 0.4) is 0 Å². The minimum absolute atomic E-state index is 0.191. The summed E-state index contributed by atoms with van der Waals surface area (Å²) in [5, 5.41) is 2.81. The van der Waals surface area contributed by atoms with E-state index in [1.54, 1.807) is 7.05 Å². The molecule has 3 nitrogen and oxygen atoms in total. The van der Waals surface area contributed by atoms with Crippen LogP contribution in [-0.2, 0) is 16.3 Å². The first-order valence-electron chi connectivity index (χ1n) is 4.69. The fraction of sp³-hybridized carbons (Fsp3) is 0.400. The minimum Gasteiger partial charge on any atom is -0.319 e. The molecule has 0 heterocycles. The van der Waals surface area contributed by atoms with Gasteiger partial charge in [0, 0.05) is 6.26 Å². The van der Waals surface area contributed by atoms with Crippen LogP contribution in [0.15, 0.2) is 17.0 Å². The van der Waals surface area contributed by atoms with Crippen molar-refractivity contribution in [2.24, 2.45) is 0 Å². The van der Waals surface area contributed by atoms with Crippen LogP contribution >= 0.6 is 0 Å². The van der Waals surface area contributed by atoms with Crippen LogP contribution in [0.1, 0.15) is 5.56 Å². The van der Waals surface area contributed by atoms with E-state index < -0.39 is 26.4 Å². The molecule has 1 aromatic carbocycles. The molecule has 1 N–H and O–H groups in total. The van der Waals surface area contributed by atoms with E-state index in [1.165, 1.54) is 6.07 Å². The normalized spacial score (nSPS) is 11.8. The van der Waals surface area contributed by atoms with Crippen molar-refractivity contribution < 1.29 is 17.2 Å². The predicted octanol–water partition coefficient (Wildman–Crippen LogP) is 1.13. The lowest BCUT2D eigenvalue weighted by molar-refractivity contribution is 0.511. The van der Waals surface area contributed by atoms with Gasteiger partial charge in [0.25, 0.3) is 0 Å². The number of rotatable bonds is 4. The zero-order valence-corrected chi connectivity index (χ0v) is 9.87. The molecule has 6 heteroatoms. The molecular weight excluding hydrogens is 236 g/mol. The largest absolute Gasteiger partial charge is 0.319 e. The van der Waals surface area contributed by atoms with Crippen LogP contribution in [-0.4, -0.2) is 28.3 Å². The smallest absolute Gasteiger partial charge is 0.181 e. The topological polar surface area (TPSA) is 46.2 Å². The van der Waals surface area contributed by atoms with Crippen molar-refractivity contribution in [3.63, 3.8) is 0 Å². The molecule has 0 aliphatic carbocycles. The van der Waals surface area contributed by atoms with E-state index in [0.29, 0.717) is 13.0 Å². The number of hydrogen-bond acceptors (Lipinski definition) is 3. The molecular formula is C10H13F2NO2S. The zero-order valence-electron chi connectivity index (χ0n) is 9.05. The van der Waals surface area contributed by atoms with Crippen molar-refractivity contribution in [3.8, 4) is 0 Å². The van der Waals surface area contributed by atoms with E-state index in [0.717, 1.165) is 12.3 Å². The van der Waals surface area contributed by atoms with Crippen molar-refractivity contribution in [2.45, 2.75) is 11.3 Å². The summed E-state index contributed by atoms with van der Waals surface area (Å²) < 4.78 is 49.3. The lowest BCUT2D eigenvalue weighted by Crippen LogP contribution is -2.13. The molecule has 0 spiro atoms. The lowest BCUT2D eigenvalue weighted by Gasteiger charge is -2.07. The molecule has 0 aliphatic rings. The van der Waals surface area contributed by atoms with E-state index in [9.17, 15) is 17.2 Å². The molecule has 0 aliphatic heterocycles. The fourth-order valence-corrected chi connectivity index (χ4v) is 2.24. The van der Waals surface area contributed by atoms with Crippen LogP contribution in [0.5, 0.6) is 0 Å². The third kappa shape index (κ3) is 2.76. The molecule has 0 saturated carbocycles. The quantitative estimate of drug-likeness (QED) is 0.870. The third-order valence-electron chi connectivity index (χ3n) is 2.14. The molecule has 0 saturated heterocycles. The Bertz CT molecular complexity index is 486. The SMILES string of the molecule is CNCCc1ccc(F)c(S(C)(=O)=O)c1F. The molecule has 16 heavy (non-hydrogen) atoms. The maximum atomic E-state index is 13.7. The summed E-state index contributed by atoms with van der Waals surface area (Å²) in [6.07, 6.45) is 1.10. The van der Waals surface area contributed by atoms with Crippen LogP contribution in [0.4, 0.5) is 8.78 Å². The van der Waals surface area contributed by atoms with Gasteiger partial charge in [0.2, 0.25) is 0 Å². The summed E-state index contributed by atoms with van der Waals surface area (Å²) in [6, 6.07) is 2.24. The average molecular weight is 249 g/mol. The Morgan fingerprint density at radius 2 is 1.94 bits per heavy atom. The van der Waals surface area contributed by atoms with Crippen LogP contribution in [0, 0.1) is 11.6 Å². The summed E-state index contributed by atoms with van der Waals surface area (Å²) in [4.78, 5) is -0.846. The van der Waals surface area contributed by atoms with Gasteiger partial charge in [0.15, 0.2) is 9.84 Å². The minimum atomic E-state index is -3.88. The maximum Gasteiger partial charge on any atom is 0.181 e. The van der Waals surface area contributed by atoms with Crippen molar-refractivity contribution in [3.05, 3.63) is 29.3 Å². The van der Waals surface area contributed by atoms with Gasteiger partial charge in [-0.25, -0.2) is 17.2 Å². The standard InChI is InChI=1S/C10H13F2NO2S/c1-13-6-5-7-3-4-8(11)10(9(7)12)16(2,14)15/h3-4,13H,5-6H2,1-2H3. The van der Waals surface area contributed by atoms with E-state index in [-0.39, 0.29) is 5.56 Å². The fourth-order valence-electron chi connectivity index (χ4n) is 1.37. The van der Waals surface area contributed by atoms with Crippen molar-refractivity contribution in [1.82, 2.24) is 5.32 Å².